The number of carbonyl (C=O) groups is 1. The molecule has 6 heteroatoms. The van der Waals surface area contributed by atoms with Crippen molar-refractivity contribution in [2.75, 3.05) is 7.05 Å². The normalized spacial score (nSPS) is 12.6. The van der Waals surface area contributed by atoms with Gasteiger partial charge in [0.25, 0.3) is 5.91 Å². The summed E-state index contributed by atoms with van der Waals surface area (Å²) in [6.07, 6.45) is 3.71. The number of aryl methyl sites for hydroxylation is 2. The van der Waals surface area contributed by atoms with Gasteiger partial charge in [-0.15, -0.1) is 0 Å². The van der Waals surface area contributed by atoms with Crippen LogP contribution in [0.1, 0.15) is 33.0 Å². The van der Waals surface area contributed by atoms with Gasteiger partial charge in [-0.3, -0.25) is 9.48 Å². The number of hydrogen-bond donors (Lipinski definition) is 1. The van der Waals surface area contributed by atoms with E-state index in [2.05, 4.69) is 11.5 Å². The van der Waals surface area contributed by atoms with E-state index in [4.69, 9.17) is 21.1 Å². The lowest BCUT2D eigenvalue weighted by Gasteiger charge is -2.09. The molecule has 0 unspecified atom stereocenters. The van der Waals surface area contributed by atoms with E-state index >= 15 is 0 Å². The summed E-state index contributed by atoms with van der Waals surface area (Å²) in [6.45, 7) is 2.57. The zero-order chi connectivity index (χ0) is 17.6. The lowest BCUT2D eigenvalue weighted by atomic mass is 9.93. The number of carbonyl (C=O) groups excluding carboxylic acids is 1. The molecule has 0 bridgehead atoms. The van der Waals surface area contributed by atoms with Crippen LogP contribution >= 0.6 is 11.6 Å². The summed E-state index contributed by atoms with van der Waals surface area (Å²) in [7, 11) is 1.61. The SMILES string of the molecule is CNC(=O)c1oc2c(c1C)-c1nn(Cc3cccc(Cl)c3)cc1CC2. The van der Waals surface area contributed by atoms with E-state index in [1.807, 2.05) is 35.9 Å². The number of rotatable bonds is 3. The Labute approximate surface area is 150 Å². The lowest BCUT2D eigenvalue weighted by molar-refractivity contribution is 0.0933. The molecule has 0 atom stereocenters. The van der Waals surface area contributed by atoms with Crippen LogP contribution in [-0.2, 0) is 19.4 Å². The molecular formula is C19H18ClN3O2. The average molecular weight is 356 g/mol. The minimum atomic E-state index is -0.202. The molecule has 0 fully saturated rings. The van der Waals surface area contributed by atoms with Gasteiger partial charge in [0.2, 0.25) is 0 Å². The van der Waals surface area contributed by atoms with Crippen molar-refractivity contribution in [2.45, 2.75) is 26.3 Å². The highest BCUT2D eigenvalue weighted by Gasteiger charge is 2.29. The Morgan fingerprint density at radius 3 is 3.00 bits per heavy atom. The van der Waals surface area contributed by atoms with Gasteiger partial charge in [-0.25, -0.2) is 0 Å². The van der Waals surface area contributed by atoms with Gasteiger partial charge in [0.15, 0.2) is 5.76 Å². The number of benzene rings is 1. The number of nitrogens with one attached hydrogen (secondary N) is 1. The van der Waals surface area contributed by atoms with Gasteiger partial charge in [0.05, 0.1) is 12.2 Å². The molecule has 25 heavy (non-hydrogen) atoms. The van der Waals surface area contributed by atoms with Crippen LogP contribution in [0.5, 0.6) is 0 Å². The molecule has 1 aromatic carbocycles. The van der Waals surface area contributed by atoms with Crippen molar-refractivity contribution < 1.29 is 9.21 Å². The Balaban J connectivity index is 1.72. The monoisotopic (exact) mass is 355 g/mol. The summed E-state index contributed by atoms with van der Waals surface area (Å²) >= 11 is 6.07. The molecule has 0 saturated heterocycles. The number of hydrogen-bond acceptors (Lipinski definition) is 3. The van der Waals surface area contributed by atoms with Crippen LogP contribution in [0, 0.1) is 6.92 Å². The highest BCUT2D eigenvalue weighted by Crippen LogP contribution is 2.38. The molecule has 0 aliphatic heterocycles. The smallest absolute Gasteiger partial charge is 0.287 e. The van der Waals surface area contributed by atoms with Gasteiger partial charge in [0.1, 0.15) is 5.76 Å². The van der Waals surface area contributed by atoms with Crippen molar-refractivity contribution in [2.24, 2.45) is 0 Å². The first-order chi connectivity index (χ1) is 12.1. The second-order valence-corrected chi connectivity index (χ2v) is 6.70. The molecule has 2 heterocycles. The average Bonchev–Trinajstić information content (AvgIpc) is 3.14. The van der Waals surface area contributed by atoms with Crippen LogP contribution in [0.25, 0.3) is 11.3 Å². The summed E-state index contributed by atoms with van der Waals surface area (Å²) in [5, 5.41) is 8.11. The fraction of sp³-hybridized carbons (Fsp3) is 0.263. The Bertz CT molecular complexity index is 971. The number of halogens is 1. The van der Waals surface area contributed by atoms with Gasteiger partial charge in [0, 0.05) is 35.8 Å². The highest BCUT2D eigenvalue weighted by atomic mass is 35.5. The second kappa shape index (κ2) is 6.08. The molecule has 0 saturated carbocycles. The van der Waals surface area contributed by atoms with Crippen molar-refractivity contribution in [3.8, 4) is 11.3 Å². The van der Waals surface area contributed by atoms with Gasteiger partial charge >= 0.3 is 0 Å². The third-order valence-corrected chi connectivity index (χ3v) is 4.82. The van der Waals surface area contributed by atoms with E-state index in [0.717, 1.165) is 46.0 Å². The highest BCUT2D eigenvalue weighted by molar-refractivity contribution is 6.30. The van der Waals surface area contributed by atoms with Crippen LogP contribution in [0.15, 0.2) is 34.9 Å². The predicted octanol–water partition coefficient (Wildman–Crippen LogP) is 3.61. The molecule has 0 spiro atoms. The van der Waals surface area contributed by atoms with E-state index in [1.54, 1.807) is 7.05 Å². The minimum Gasteiger partial charge on any atom is -0.455 e. The fourth-order valence-electron chi connectivity index (χ4n) is 3.40. The van der Waals surface area contributed by atoms with E-state index < -0.39 is 0 Å². The number of nitrogens with zero attached hydrogens (tertiary/aromatic N) is 2. The summed E-state index contributed by atoms with van der Waals surface area (Å²) in [4.78, 5) is 12.0. The maximum absolute atomic E-state index is 12.0. The van der Waals surface area contributed by atoms with E-state index in [0.29, 0.717) is 12.3 Å². The zero-order valence-electron chi connectivity index (χ0n) is 14.1. The molecule has 128 valence electrons. The maximum atomic E-state index is 12.0. The predicted molar refractivity (Wildman–Crippen MR) is 96.0 cm³/mol. The number of furan rings is 1. The molecule has 1 amide bonds. The second-order valence-electron chi connectivity index (χ2n) is 6.26. The molecule has 1 N–H and O–H groups in total. The minimum absolute atomic E-state index is 0.202. The van der Waals surface area contributed by atoms with E-state index in [1.165, 1.54) is 5.56 Å². The van der Waals surface area contributed by atoms with Crippen molar-refractivity contribution >= 4 is 17.5 Å². The first kappa shape index (κ1) is 16.0. The summed E-state index contributed by atoms with van der Waals surface area (Å²) in [6, 6.07) is 7.78. The first-order valence-corrected chi connectivity index (χ1v) is 8.60. The third-order valence-electron chi connectivity index (χ3n) is 4.58. The number of aromatic nitrogens is 2. The molecule has 0 radical (unpaired) electrons. The zero-order valence-corrected chi connectivity index (χ0v) is 14.9. The van der Waals surface area contributed by atoms with Crippen LogP contribution in [0.3, 0.4) is 0 Å². The van der Waals surface area contributed by atoms with Crippen LogP contribution in [0.4, 0.5) is 0 Å². The fourth-order valence-corrected chi connectivity index (χ4v) is 3.61. The van der Waals surface area contributed by atoms with Gasteiger partial charge in [-0.05, 0) is 36.6 Å². The van der Waals surface area contributed by atoms with E-state index in [9.17, 15) is 4.79 Å². The topological polar surface area (TPSA) is 60.1 Å². The summed E-state index contributed by atoms with van der Waals surface area (Å²) < 4.78 is 7.74. The Kier molecular flexibility index (Phi) is 3.88. The van der Waals surface area contributed by atoms with Gasteiger partial charge in [-0.1, -0.05) is 23.7 Å². The largest absolute Gasteiger partial charge is 0.455 e. The summed E-state index contributed by atoms with van der Waals surface area (Å²) in [5.74, 6) is 1.02. The number of fused-ring (bicyclic) bond motifs is 3. The standard InChI is InChI=1S/C19H18ClN3O2/c1-11-16-15(25-18(11)19(24)21-2)7-6-13-10-23(22-17(13)16)9-12-4-3-5-14(20)8-12/h3-5,8,10H,6-7,9H2,1-2H3,(H,21,24). The van der Waals surface area contributed by atoms with E-state index in [-0.39, 0.29) is 5.91 Å². The number of amides is 1. The van der Waals surface area contributed by atoms with Crippen molar-refractivity contribution in [1.29, 1.82) is 0 Å². The third kappa shape index (κ3) is 2.74. The van der Waals surface area contributed by atoms with Crippen LogP contribution in [0.2, 0.25) is 5.02 Å². The molecule has 4 rings (SSSR count). The van der Waals surface area contributed by atoms with Crippen molar-refractivity contribution in [3.63, 3.8) is 0 Å². The van der Waals surface area contributed by atoms with Gasteiger partial charge < -0.3 is 9.73 Å². The van der Waals surface area contributed by atoms with Crippen molar-refractivity contribution in [3.05, 3.63) is 63.7 Å². The van der Waals surface area contributed by atoms with Crippen LogP contribution < -0.4 is 5.32 Å². The molecule has 5 nitrogen and oxygen atoms in total. The Morgan fingerprint density at radius 1 is 1.40 bits per heavy atom. The van der Waals surface area contributed by atoms with Gasteiger partial charge in [-0.2, -0.15) is 5.10 Å². The quantitative estimate of drug-likeness (QED) is 0.780. The van der Waals surface area contributed by atoms with Crippen LogP contribution in [-0.4, -0.2) is 22.7 Å². The molecule has 3 aromatic rings. The molecule has 2 aromatic heterocycles. The molecule has 1 aliphatic rings. The van der Waals surface area contributed by atoms with Crippen molar-refractivity contribution in [1.82, 2.24) is 15.1 Å². The summed E-state index contributed by atoms with van der Waals surface area (Å²) in [5.41, 5.74) is 5.01. The lowest BCUT2D eigenvalue weighted by Crippen LogP contribution is -2.17. The Hall–Kier alpha value is -2.53. The maximum Gasteiger partial charge on any atom is 0.287 e. The first-order valence-electron chi connectivity index (χ1n) is 8.22. The molecular weight excluding hydrogens is 338 g/mol. The molecule has 1 aliphatic carbocycles. The Morgan fingerprint density at radius 2 is 2.24 bits per heavy atom.